The topological polar surface area (TPSA) is 108 Å². The maximum Gasteiger partial charge on any atom is 0.337 e. The average Bonchev–Trinajstić information content (AvgIpc) is 2.39. The fourth-order valence-corrected chi connectivity index (χ4v) is 1.35. The second kappa shape index (κ2) is 6.76. The lowest BCUT2D eigenvalue weighted by Gasteiger charge is -2.19. The van der Waals surface area contributed by atoms with Gasteiger partial charge < -0.3 is 25.6 Å². The summed E-state index contributed by atoms with van der Waals surface area (Å²) in [7, 11) is 0. The van der Waals surface area contributed by atoms with Gasteiger partial charge >= 0.3 is 12.0 Å². The van der Waals surface area contributed by atoms with E-state index in [1.54, 1.807) is 24.3 Å². The van der Waals surface area contributed by atoms with Gasteiger partial charge in [0.2, 0.25) is 0 Å². The van der Waals surface area contributed by atoms with Crippen LogP contribution in [0.3, 0.4) is 0 Å². The lowest BCUT2D eigenvalue weighted by molar-refractivity contribution is -0.155. The standard InChI is InChI=1S/C13H18N2O5/c1-3-20-10-7-5-4-6-9(10)15-12(18)14-8-13(2,19)11(16)17/h4-7,19H,3,8H2,1-2H3,(H,16,17)(H2,14,15,18). The van der Waals surface area contributed by atoms with E-state index in [-0.39, 0.29) is 0 Å². The van der Waals surface area contributed by atoms with Crippen LogP contribution in [0.5, 0.6) is 5.75 Å². The summed E-state index contributed by atoms with van der Waals surface area (Å²) in [5.74, 6) is -0.900. The Labute approximate surface area is 116 Å². The molecule has 1 aromatic rings. The number of amides is 2. The number of ether oxygens (including phenoxy) is 1. The zero-order valence-electron chi connectivity index (χ0n) is 11.3. The highest BCUT2D eigenvalue weighted by Crippen LogP contribution is 2.23. The molecule has 0 fully saturated rings. The van der Waals surface area contributed by atoms with E-state index >= 15 is 0 Å². The van der Waals surface area contributed by atoms with Crippen LogP contribution in [-0.4, -0.2) is 41.0 Å². The van der Waals surface area contributed by atoms with Gasteiger partial charge in [-0.15, -0.1) is 0 Å². The molecule has 0 saturated carbocycles. The third kappa shape index (κ3) is 4.43. The maximum atomic E-state index is 11.7. The molecule has 1 aromatic carbocycles. The summed E-state index contributed by atoms with van der Waals surface area (Å²) >= 11 is 0. The molecule has 4 N–H and O–H groups in total. The predicted molar refractivity (Wildman–Crippen MR) is 72.9 cm³/mol. The Kier molecular flexibility index (Phi) is 5.33. The molecule has 7 nitrogen and oxygen atoms in total. The van der Waals surface area contributed by atoms with Gasteiger partial charge in [-0.2, -0.15) is 0 Å². The van der Waals surface area contributed by atoms with Crippen molar-refractivity contribution >= 4 is 17.7 Å². The smallest absolute Gasteiger partial charge is 0.337 e. The van der Waals surface area contributed by atoms with Gasteiger partial charge in [-0.05, 0) is 26.0 Å². The number of aliphatic hydroxyl groups is 1. The van der Waals surface area contributed by atoms with E-state index in [0.29, 0.717) is 18.0 Å². The second-order valence-electron chi connectivity index (χ2n) is 4.32. The molecule has 0 aliphatic rings. The summed E-state index contributed by atoms with van der Waals surface area (Å²) in [6, 6.07) is 6.22. The van der Waals surface area contributed by atoms with Crippen molar-refractivity contribution in [3.8, 4) is 5.75 Å². The molecule has 1 unspecified atom stereocenters. The van der Waals surface area contributed by atoms with E-state index in [4.69, 9.17) is 9.84 Å². The van der Waals surface area contributed by atoms with E-state index in [9.17, 15) is 14.7 Å². The first-order chi connectivity index (χ1) is 9.36. The van der Waals surface area contributed by atoms with Crippen LogP contribution in [-0.2, 0) is 4.79 Å². The van der Waals surface area contributed by atoms with Crippen molar-refractivity contribution < 1.29 is 24.5 Å². The zero-order valence-corrected chi connectivity index (χ0v) is 11.3. The normalized spacial score (nSPS) is 13.2. The number of para-hydroxylation sites is 2. The van der Waals surface area contributed by atoms with Gasteiger partial charge in [0.25, 0.3) is 0 Å². The number of benzene rings is 1. The molecular weight excluding hydrogens is 264 g/mol. The molecule has 7 heteroatoms. The van der Waals surface area contributed by atoms with E-state index in [1.807, 2.05) is 6.92 Å². The highest BCUT2D eigenvalue weighted by atomic mass is 16.5. The van der Waals surface area contributed by atoms with Crippen molar-refractivity contribution in [3.63, 3.8) is 0 Å². The predicted octanol–water partition coefficient (Wildman–Crippen LogP) is 1.04. The van der Waals surface area contributed by atoms with Crippen LogP contribution < -0.4 is 15.4 Å². The van der Waals surface area contributed by atoms with Crippen molar-refractivity contribution in [2.24, 2.45) is 0 Å². The third-order valence-electron chi connectivity index (χ3n) is 2.49. The van der Waals surface area contributed by atoms with Crippen molar-refractivity contribution in [3.05, 3.63) is 24.3 Å². The van der Waals surface area contributed by atoms with E-state index < -0.39 is 24.1 Å². The number of hydrogen-bond acceptors (Lipinski definition) is 4. The van der Waals surface area contributed by atoms with Crippen LogP contribution >= 0.6 is 0 Å². The Bertz CT molecular complexity index is 487. The van der Waals surface area contributed by atoms with E-state index in [2.05, 4.69) is 10.6 Å². The monoisotopic (exact) mass is 282 g/mol. The van der Waals surface area contributed by atoms with Gasteiger partial charge in [0.1, 0.15) is 5.75 Å². The molecule has 0 heterocycles. The molecule has 0 aliphatic heterocycles. The van der Waals surface area contributed by atoms with Crippen LogP contribution in [0.1, 0.15) is 13.8 Å². The number of urea groups is 1. The van der Waals surface area contributed by atoms with Gasteiger partial charge in [-0.1, -0.05) is 12.1 Å². The van der Waals surface area contributed by atoms with Crippen LogP contribution in [0.15, 0.2) is 24.3 Å². The van der Waals surface area contributed by atoms with Crippen molar-refractivity contribution in [2.75, 3.05) is 18.5 Å². The number of carbonyl (C=O) groups is 2. The Morgan fingerprint density at radius 2 is 2.00 bits per heavy atom. The van der Waals surface area contributed by atoms with Gasteiger partial charge in [0.05, 0.1) is 18.8 Å². The van der Waals surface area contributed by atoms with Gasteiger partial charge in [-0.3, -0.25) is 0 Å². The van der Waals surface area contributed by atoms with Crippen molar-refractivity contribution in [1.29, 1.82) is 0 Å². The lowest BCUT2D eigenvalue weighted by Crippen LogP contribution is -2.47. The second-order valence-corrected chi connectivity index (χ2v) is 4.32. The number of hydrogen-bond donors (Lipinski definition) is 4. The Balaban J connectivity index is 2.61. The summed E-state index contributed by atoms with van der Waals surface area (Å²) in [4.78, 5) is 22.3. The van der Waals surface area contributed by atoms with E-state index in [1.165, 1.54) is 0 Å². The molecular formula is C13H18N2O5. The molecule has 1 rings (SSSR count). The van der Waals surface area contributed by atoms with Gasteiger partial charge in [-0.25, -0.2) is 9.59 Å². The van der Waals surface area contributed by atoms with Crippen LogP contribution in [0.4, 0.5) is 10.5 Å². The highest BCUT2D eigenvalue weighted by Gasteiger charge is 2.30. The molecule has 1 atom stereocenters. The first-order valence-corrected chi connectivity index (χ1v) is 6.09. The summed E-state index contributed by atoms with van der Waals surface area (Å²) in [5, 5.41) is 23.0. The molecule has 110 valence electrons. The summed E-state index contributed by atoms with van der Waals surface area (Å²) in [6.07, 6.45) is 0. The molecule has 0 radical (unpaired) electrons. The van der Waals surface area contributed by atoms with Crippen LogP contribution in [0, 0.1) is 0 Å². The molecule has 0 bridgehead atoms. The fourth-order valence-electron chi connectivity index (χ4n) is 1.35. The number of anilines is 1. The summed E-state index contributed by atoms with van der Waals surface area (Å²) in [5.41, 5.74) is -1.56. The Hall–Kier alpha value is -2.28. The number of carboxylic acid groups (broad SMARTS) is 1. The Morgan fingerprint density at radius 3 is 2.60 bits per heavy atom. The number of carboxylic acids is 1. The zero-order chi connectivity index (χ0) is 15.2. The quantitative estimate of drug-likeness (QED) is 0.623. The summed E-state index contributed by atoms with van der Waals surface area (Å²) in [6.45, 7) is 2.96. The van der Waals surface area contributed by atoms with E-state index in [0.717, 1.165) is 6.92 Å². The number of aliphatic carboxylic acids is 1. The van der Waals surface area contributed by atoms with Gasteiger partial charge in [0.15, 0.2) is 5.60 Å². The average molecular weight is 282 g/mol. The fraction of sp³-hybridized carbons (Fsp3) is 0.385. The first-order valence-electron chi connectivity index (χ1n) is 6.09. The molecule has 0 spiro atoms. The Morgan fingerprint density at radius 1 is 1.35 bits per heavy atom. The SMILES string of the molecule is CCOc1ccccc1NC(=O)NCC(C)(O)C(=O)O. The number of nitrogens with one attached hydrogen (secondary N) is 2. The van der Waals surface area contributed by atoms with Gasteiger partial charge in [0, 0.05) is 0 Å². The molecule has 0 aromatic heterocycles. The first kappa shape index (κ1) is 15.8. The summed E-state index contributed by atoms with van der Waals surface area (Å²) < 4.78 is 5.34. The number of carbonyl (C=O) groups excluding carboxylic acids is 1. The minimum absolute atomic E-state index is 0.412. The van der Waals surface area contributed by atoms with Crippen molar-refractivity contribution in [1.82, 2.24) is 5.32 Å². The van der Waals surface area contributed by atoms with Crippen LogP contribution in [0.25, 0.3) is 0 Å². The molecule has 0 aliphatic carbocycles. The van der Waals surface area contributed by atoms with Crippen LogP contribution in [0.2, 0.25) is 0 Å². The lowest BCUT2D eigenvalue weighted by atomic mass is 10.1. The molecule has 2 amide bonds. The number of rotatable bonds is 6. The minimum Gasteiger partial charge on any atom is -0.492 e. The third-order valence-corrected chi connectivity index (χ3v) is 2.49. The minimum atomic E-state index is -2.02. The van der Waals surface area contributed by atoms with Crippen molar-refractivity contribution in [2.45, 2.75) is 19.4 Å². The largest absolute Gasteiger partial charge is 0.492 e. The molecule has 0 saturated heterocycles. The highest BCUT2D eigenvalue weighted by molar-refractivity contribution is 5.91. The maximum absolute atomic E-state index is 11.7. The molecule has 20 heavy (non-hydrogen) atoms.